The van der Waals surface area contributed by atoms with Gasteiger partial charge < -0.3 is 9.73 Å². The Morgan fingerprint density at radius 1 is 1.20 bits per heavy atom. The molecule has 0 saturated carbocycles. The van der Waals surface area contributed by atoms with Crippen molar-refractivity contribution in [2.75, 3.05) is 0 Å². The molecule has 0 aliphatic heterocycles. The number of aryl methyl sites for hydroxylation is 1. The number of hydrogen-bond acceptors (Lipinski definition) is 3. The van der Waals surface area contributed by atoms with Gasteiger partial charge in [-0.3, -0.25) is 9.36 Å². The SMILES string of the molecule is C[C@H](NC(=O)CCCn1c(=O)oc2ccccc21)c1ccc(Br)cc1. The van der Waals surface area contributed by atoms with Crippen LogP contribution in [-0.4, -0.2) is 10.5 Å². The summed E-state index contributed by atoms with van der Waals surface area (Å²) in [6, 6.07) is 15.1. The molecule has 0 aliphatic rings. The molecule has 1 amide bonds. The van der Waals surface area contributed by atoms with Gasteiger partial charge in [0.25, 0.3) is 0 Å². The van der Waals surface area contributed by atoms with Gasteiger partial charge in [-0.2, -0.15) is 0 Å². The maximum Gasteiger partial charge on any atom is 0.419 e. The third-order valence-corrected chi connectivity index (χ3v) is 4.64. The minimum absolute atomic E-state index is 0.0312. The summed E-state index contributed by atoms with van der Waals surface area (Å²) in [7, 11) is 0. The molecular formula is C19H19BrN2O3. The van der Waals surface area contributed by atoms with Crippen molar-refractivity contribution in [3.8, 4) is 0 Å². The predicted molar refractivity (Wildman–Crippen MR) is 100 cm³/mol. The number of benzene rings is 2. The zero-order chi connectivity index (χ0) is 17.8. The smallest absolute Gasteiger partial charge is 0.408 e. The van der Waals surface area contributed by atoms with Gasteiger partial charge in [0.1, 0.15) is 0 Å². The van der Waals surface area contributed by atoms with Crippen LogP contribution < -0.4 is 11.1 Å². The Labute approximate surface area is 153 Å². The van der Waals surface area contributed by atoms with Crippen LogP contribution in [0.5, 0.6) is 0 Å². The largest absolute Gasteiger partial charge is 0.419 e. The number of carbonyl (C=O) groups is 1. The van der Waals surface area contributed by atoms with Gasteiger partial charge in [0, 0.05) is 17.4 Å². The zero-order valence-electron chi connectivity index (χ0n) is 13.9. The van der Waals surface area contributed by atoms with Crippen LogP contribution in [0.4, 0.5) is 0 Å². The molecule has 130 valence electrons. The van der Waals surface area contributed by atoms with Crippen LogP contribution in [0.1, 0.15) is 31.4 Å². The second-order valence-electron chi connectivity index (χ2n) is 5.93. The molecule has 0 aliphatic carbocycles. The van der Waals surface area contributed by atoms with Crippen LogP contribution in [0.3, 0.4) is 0 Å². The van der Waals surface area contributed by atoms with Gasteiger partial charge in [0.2, 0.25) is 5.91 Å². The number of rotatable bonds is 6. The van der Waals surface area contributed by atoms with Gasteiger partial charge in [-0.15, -0.1) is 0 Å². The van der Waals surface area contributed by atoms with E-state index in [0.717, 1.165) is 15.6 Å². The number of carbonyl (C=O) groups excluding carboxylic acids is 1. The van der Waals surface area contributed by atoms with E-state index in [1.54, 1.807) is 10.6 Å². The highest BCUT2D eigenvalue weighted by atomic mass is 79.9. The van der Waals surface area contributed by atoms with E-state index in [1.807, 2.05) is 49.4 Å². The van der Waals surface area contributed by atoms with E-state index in [4.69, 9.17) is 4.42 Å². The first-order chi connectivity index (χ1) is 12.0. The molecule has 0 spiro atoms. The van der Waals surface area contributed by atoms with E-state index in [1.165, 1.54) is 0 Å². The number of nitrogens with zero attached hydrogens (tertiary/aromatic N) is 1. The fraction of sp³-hybridized carbons (Fsp3) is 0.263. The van der Waals surface area contributed by atoms with E-state index >= 15 is 0 Å². The minimum atomic E-state index is -0.384. The Kier molecular flexibility index (Phi) is 5.38. The van der Waals surface area contributed by atoms with Crippen LogP contribution in [0.25, 0.3) is 11.1 Å². The highest BCUT2D eigenvalue weighted by Gasteiger charge is 2.11. The summed E-state index contributed by atoms with van der Waals surface area (Å²) in [6.07, 6.45) is 0.926. The van der Waals surface area contributed by atoms with Gasteiger partial charge in [-0.05, 0) is 43.2 Å². The molecule has 0 bridgehead atoms. The highest BCUT2D eigenvalue weighted by Crippen LogP contribution is 2.17. The van der Waals surface area contributed by atoms with Crippen LogP contribution >= 0.6 is 15.9 Å². The van der Waals surface area contributed by atoms with E-state index in [0.29, 0.717) is 25.0 Å². The predicted octanol–water partition coefficient (Wildman–Crippen LogP) is 4.01. The molecule has 3 rings (SSSR count). The van der Waals surface area contributed by atoms with Crippen molar-refractivity contribution in [3.05, 3.63) is 69.1 Å². The third-order valence-electron chi connectivity index (χ3n) is 4.11. The molecule has 1 N–H and O–H groups in total. The average molecular weight is 403 g/mol. The number of amides is 1. The maximum absolute atomic E-state index is 12.1. The zero-order valence-corrected chi connectivity index (χ0v) is 15.5. The standard InChI is InChI=1S/C19H19BrN2O3/c1-13(14-8-10-15(20)11-9-14)21-18(23)7-4-12-22-16-5-2-3-6-17(16)25-19(22)24/h2-3,5-6,8-11,13H,4,7,12H2,1H3,(H,21,23)/t13-/m0/s1. The summed E-state index contributed by atoms with van der Waals surface area (Å²) in [5.74, 6) is -0.416. The fourth-order valence-corrected chi connectivity index (χ4v) is 3.04. The molecule has 1 atom stereocenters. The first kappa shape index (κ1) is 17.5. The van der Waals surface area contributed by atoms with E-state index in [9.17, 15) is 9.59 Å². The van der Waals surface area contributed by atoms with Crippen molar-refractivity contribution >= 4 is 32.9 Å². The van der Waals surface area contributed by atoms with Gasteiger partial charge in [0.15, 0.2) is 5.58 Å². The Balaban J connectivity index is 1.54. The molecular weight excluding hydrogens is 384 g/mol. The van der Waals surface area contributed by atoms with Gasteiger partial charge in [-0.1, -0.05) is 40.2 Å². The second kappa shape index (κ2) is 7.70. The molecule has 0 radical (unpaired) electrons. The molecule has 1 aromatic heterocycles. The lowest BCUT2D eigenvalue weighted by Gasteiger charge is -2.14. The van der Waals surface area contributed by atoms with Crippen molar-refractivity contribution in [3.63, 3.8) is 0 Å². The first-order valence-corrected chi connectivity index (χ1v) is 8.97. The summed E-state index contributed by atoms with van der Waals surface area (Å²) < 4.78 is 7.77. The normalized spacial score (nSPS) is 12.2. The molecule has 1 heterocycles. The van der Waals surface area contributed by atoms with Crippen molar-refractivity contribution in [1.29, 1.82) is 0 Å². The number of fused-ring (bicyclic) bond motifs is 1. The third kappa shape index (κ3) is 4.20. The summed E-state index contributed by atoms with van der Waals surface area (Å²) in [5.41, 5.74) is 2.38. The Hall–Kier alpha value is -2.34. The topological polar surface area (TPSA) is 64.2 Å². The van der Waals surface area contributed by atoms with Crippen molar-refractivity contribution in [2.24, 2.45) is 0 Å². The molecule has 0 fully saturated rings. The minimum Gasteiger partial charge on any atom is -0.408 e. The molecule has 25 heavy (non-hydrogen) atoms. The monoisotopic (exact) mass is 402 g/mol. The number of halogens is 1. The maximum atomic E-state index is 12.1. The van der Waals surface area contributed by atoms with E-state index < -0.39 is 0 Å². The van der Waals surface area contributed by atoms with Gasteiger partial charge in [-0.25, -0.2) is 4.79 Å². The molecule has 0 saturated heterocycles. The van der Waals surface area contributed by atoms with E-state index in [-0.39, 0.29) is 17.7 Å². The van der Waals surface area contributed by atoms with Crippen molar-refractivity contribution in [1.82, 2.24) is 9.88 Å². The summed E-state index contributed by atoms with van der Waals surface area (Å²) in [5, 5.41) is 2.98. The van der Waals surface area contributed by atoms with Crippen LogP contribution in [0.2, 0.25) is 0 Å². The molecule has 3 aromatic rings. The number of aromatic nitrogens is 1. The molecule has 0 unspecified atom stereocenters. The van der Waals surface area contributed by atoms with Crippen molar-refractivity contribution in [2.45, 2.75) is 32.4 Å². The lowest BCUT2D eigenvalue weighted by Crippen LogP contribution is -2.27. The molecule has 5 nitrogen and oxygen atoms in total. The number of nitrogens with one attached hydrogen (secondary N) is 1. The van der Waals surface area contributed by atoms with Gasteiger partial charge in [0.05, 0.1) is 11.6 Å². The Morgan fingerprint density at radius 3 is 2.68 bits per heavy atom. The molecule has 6 heteroatoms. The average Bonchev–Trinajstić information content (AvgIpc) is 2.91. The quantitative estimate of drug-likeness (QED) is 0.677. The van der Waals surface area contributed by atoms with Crippen LogP contribution in [0, 0.1) is 0 Å². The lowest BCUT2D eigenvalue weighted by atomic mass is 10.1. The summed E-state index contributed by atoms with van der Waals surface area (Å²) in [4.78, 5) is 24.0. The first-order valence-electron chi connectivity index (χ1n) is 8.18. The van der Waals surface area contributed by atoms with Gasteiger partial charge >= 0.3 is 5.76 Å². The Bertz CT molecular complexity index is 928. The summed E-state index contributed by atoms with van der Waals surface area (Å²) >= 11 is 3.40. The number of hydrogen-bond donors (Lipinski definition) is 1. The number of oxazole rings is 1. The fourth-order valence-electron chi connectivity index (χ4n) is 2.77. The van der Waals surface area contributed by atoms with Crippen LogP contribution in [0.15, 0.2) is 62.2 Å². The Morgan fingerprint density at radius 2 is 1.92 bits per heavy atom. The highest BCUT2D eigenvalue weighted by molar-refractivity contribution is 9.10. The lowest BCUT2D eigenvalue weighted by molar-refractivity contribution is -0.121. The summed E-state index contributed by atoms with van der Waals surface area (Å²) in [6.45, 7) is 2.41. The number of para-hydroxylation sites is 2. The van der Waals surface area contributed by atoms with E-state index in [2.05, 4.69) is 21.2 Å². The van der Waals surface area contributed by atoms with Crippen molar-refractivity contribution < 1.29 is 9.21 Å². The second-order valence-corrected chi connectivity index (χ2v) is 6.85. The van der Waals surface area contributed by atoms with Crippen LogP contribution in [-0.2, 0) is 11.3 Å². The molecule has 2 aromatic carbocycles.